The second-order valence-electron chi connectivity index (χ2n) is 4.56. The minimum atomic E-state index is -0.0894. The molecule has 1 aliphatic heterocycles. The van der Waals surface area contributed by atoms with Crippen molar-refractivity contribution >= 4 is 5.91 Å². The Labute approximate surface area is 118 Å². The first-order valence-corrected chi connectivity index (χ1v) is 6.51. The van der Waals surface area contributed by atoms with Crippen molar-refractivity contribution < 1.29 is 19.0 Å². The molecule has 0 aliphatic carbocycles. The van der Waals surface area contributed by atoms with Gasteiger partial charge in [-0.25, -0.2) is 0 Å². The summed E-state index contributed by atoms with van der Waals surface area (Å²) in [5, 5.41) is 0. The Morgan fingerprint density at radius 1 is 1.35 bits per heavy atom. The Morgan fingerprint density at radius 3 is 2.55 bits per heavy atom. The molecule has 1 aliphatic rings. The zero-order chi connectivity index (χ0) is 14.5. The van der Waals surface area contributed by atoms with Gasteiger partial charge in [0, 0.05) is 24.7 Å². The third-order valence-corrected chi connectivity index (χ3v) is 3.36. The highest BCUT2D eigenvalue weighted by atomic mass is 16.5. The Hall–Kier alpha value is -1.79. The number of carbonyl (C=O) groups is 1. The molecule has 6 heteroatoms. The fourth-order valence-electron chi connectivity index (χ4n) is 2.21. The van der Waals surface area contributed by atoms with Gasteiger partial charge in [-0.1, -0.05) is 0 Å². The summed E-state index contributed by atoms with van der Waals surface area (Å²) in [6.45, 7) is 1.93. The summed E-state index contributed by atoms with van der Waals surface area (Å²) in [4.78, 5) is 14.4. The van der Waals surface area contributed by atoms with E-state index in [1.165, 1.54) is 0 Å². The van der Waals surface area contributed by atoms with Gasteiger partial charge in [0.15, 0.2) is 0 Å². The molecule has 110 valence electrons. The number of hydrogen-bond donors (Lipinski definition) is 1. The maximum absolute atomic E-state index is 12.6. The molecule has 0 radical (unpaired) electrons. The lowest BCUT2D eigenvalue weighted by Gasteiger charge is -2.35. The summed E-state index contributed by atoms with van der Waals surface area (Å²) in [5.41, 5.74) is 6.23. The van der Waals surface area contributed by atoms with Gasteiger partial charge < -0.3 is 24.8 Å². The van der Waals surface area contributed by atoms with Gasteiger partial charge in [0.2, 0.25) is 0 Å². The van der Waals surface area contributed by atoms with E-state index in [1.807, 2.05) is 0 Å². The summed E-state index contributed by atoms with van der Waals surface area (Å²) < 4.78 is 15.7. The Kier molecular flexibility index (Phi) is 4.81. The molecular formula is C14H20N2O4. The number of benzene rings is 1. The van der Waals surface area contributed by atoms with Crippen molar-refractivity contribution in [1.82, 2.24) is 4.90 Å². The molecule has 1 heterocycles. The van der Waals surface area contributed by atoms with Crippen molar-refractivity contribution in [2.45, 2.75) is 6.04 Å². The van der Waals surface area contributed by atoms with E-state index in [2.05, 4.69) is 0 Å². The van der Waals surface area contributed by atoms with Crippen LogP contribution >= 0.6 is 0 Å². The van der Waals surface area contributed by atoms with Crippen LogP contribution in [0.3, 0.4) is 0 Å². The average molecular weight is 280 g/mol. The van der Waals surface area contributed by atoms with E-state index in [0.29, 0.717) is 43.4 Å². The van der Waals surface area contributed by atoms with Crippen LogP contribution in [0, 0.1) is 0 Å². The second-order valence-corrected chi connectivity index (χ2v) is 4.56. The van der Waals surface area contributed by atoms with Crippen molar-refractivity contribution in [2.24, 2.45) is 5.73 Å². The fourth-order valence-corrected chi connectivity index (χ4v) is 2.21. The van der Waals surface area contributed by atoms with Crippen LogP contribution in [0.4, 0.5) is 0 Å². The first-order valence-electron chi connectivity index (χ1n) is 6.51. The summed E-state index contributed by atoms with van der Waals surface area (Å²) in [6, 6.07) is 5.05. The quantitative estimate of drug-likeness (QED) is 0.869. The standard InChI is InChI=1S/C14H20N2O4/c1-18-12-5-10(6-13(7-12)19-2)14(17)16-3-4-20-9-11(16)8-15/h5-7,11H,3-4,8-9,15H2,1-2H3. The molecule has 1 aromatic rings. The molecule has 2 N–H and O–H groups in total. The van der Waals surface area contributed by atoms with Crippen molar-refractivity contribution in [3.63, 3.8) is 0 Å². The predicted octanol–water partition coefficient (Wildman–Crippen LogP) is 0.504. The Balaban J connectivity index is 2.27. The SMILES string of the molecule is COc1cc(OC)cc(C(=O)N2CCOCC2CN)c1. The Bertz CT molecular complexity index is 456. The van der Waals surface area contributed by atoms with E-state index in [9.17, 15) is 4.79 Å². The van der Waals surface area contributed by atoms with Gasteiger partial charge in [0.05, 0.1) is 33.5 Å². The molecule has 0 saturated carbocycles. The number of morpholine rings is 1. The number of ether oxygens (including phenoxy) is 3. The van der Waals surface area contributed by atoms with Crippen molar-refractivity contribution in [3.8, 4) is 11.5 Å². The molecule has 1 saturated heterocycles. The van der Waals surface area contributed by atoms with Crippen LogP contribution in [-0.4, -0.2) is 57.4 Å². The predicted molar refractivity (Wildman–Crippen MR) is 74.2 cm³/mol. The van der Waals surface area contributed by atoms with E-state index in [4.69, 9.17) is 19.9 Å². The number of methoxy groups -OCH3 is 2. The highest BCUT2D eigenvalue weighted by Gasteiger charge is 2.27. The van der Waals surface area contributed by atoms with Gasteiger partial charge in [-0.3, -0.25) is 4.79 Å². The second kappa shape index (κ2) is 6.58. The van der Waals surface area contributed by atoms with Gasteiger partial charge in [-0.15, -0.1) is 0 Å². The van der Waals surface area contributed by atoms with Crippen molar-refractivity contribution in [1.29, 1.82) is 0 Å². The third-order valence-electron chi connectivity index (χ3n) is 3.36. The highest BCUT2D eigenvalue weighted by molar-refractivity contribution is 5.95. The van der Waals surface area contributed by atoms with Gasteiger partial charge in [0.25, 0.3) is 5.91 Å². The smallest absolute Gasteiger partial charge is 0.254 e. The zero-order valence-corrected chi connectivity index (χ0v) is 11.8. The maximum atomic E-state index is 12.6. The lowest BCUT2D eigenvalue weighted by atomic mass is 10.1. The maximum Gasteiger partial charge on any atom is 0.254 e. The molecule has 2 rings (SSSR count). The van der Waals surface area contributed by atoms with Crippen LogP contribution in [0.15, 0.2) is 18.2 Å². The van der Waals surface area contributed by atoms with Crippen molar-refractivity contribution in [2.75, 3.05) is 40.5 Å². The number of amides is 1. The summed E-state index contributed by atoms with van der Waals surface area (Å²) in [7, 11) is 3.11. The van der Waals surface area contributed by atoms with Gasteiger partial charge >= 0.3 is 0 Å². The normalized spacial score (nSPS) is 18.8. The van der Waals surface area contributed by atoms with E-state index in [1.54, 1.807) is 37.3 Å². The number of hydrogen-bond acceptors (Lipinski definition) is 5. The fraction of sp³-hybridized carbons (Fsp3) is 0.500. The monoisotopic (exact) mass is 280 g/mol. The molecule has 1 atom stereocenters. The summed E-state index contributed by atoms with van der Waals surface area (Å²) in [6.07, 6.45) is 0. The average Bonchev–Trinajstić information content (AvgIpc) is 2.53. The van der Waals surface area contributed by atoms with E-state index < -0.39 is 0 Å². The lowest BCUT2D eigenvalue weighted by Crippen LogP contribution is -2.52. The molecule has 1 amide bonds. The minimum Gasteiger partial charge on any atom is -0.497 e. The molecule has 0 bridgehead atoms. The molecule has 20 heavy (non-hydrogen) atoms. The van der Waals surface area contributed by atoms with E-state index >= 15 is 0 Å². The van der Waals surface area contributed by atoms with Crippen LogP contribution in [0.25, 0.3) is 0 Å². The Morgan fingerprint density at radius 2 is 2.00 bits per heavy atom. The van der Waals surface area contributed by atoms with Gasteiger partial charge in [-0.05, 0) is 12.1 Å². The van der Waals surface area contributed by atoms with Crippen LogP contribution in [-0.2, 0) is 4.74 Å². The summed E-state index contributed by atoms with van der Waals surface area (Å²) in [5.74, 6) is 1.09. The number of nitrogens with zero attached hydrogens (tertiary/aromatic N) is 1. The topological polar surface area (TPSA) is 74.0 Å². The van der Waals surface area contributed by atoms with E-state index in [-0.39, 0.29) is 11.9 Å². The molecule has 1 aromatic carbocycles. The van der Waals surface area contributed by atoms with Gasteiger partial charge in [0.1, 0.15) is 11.5 Å². The van der Waals surface area contributed by atoms with Gasteiger partial charge in [-0.2, -0.15) is 0 Å². The third kappa shape index (κ3) is 3.02. The van der Waals surface area contributed by atoms with Crippen LogP contribution in [0.5, 0.6) is 11.5 Å². The number of rotatable bonds is 4. The lowest BCUT2D eigenvalue weighted by molar-refractivity contribution is 0.000812. The molecular weight excluding hydrogens is 260 g/mol. The van der Waals surface area contributed by atoms with Crippen LogP contribution < -0.4 is 15.2 Å². The molecule has 1 fully saturated rings. The largest absolute Gasteiger partial charge is 0.497 e. The molecule has 0 aromatic heterocycles. The highest BCUT2D eigenvalue weighted by Crippen LogP contribution is 2.24. The van der Waals surface area contributed by atoms with Crippen molar-refractivity contribution in [3.05, 3.63) is 23.8 Å². The van der Waals surface area contributed by atoms with Crippen LogP contribution in [0.1, 0.15) is 10.4 Å². The molecule has 6 nitrogen and oxygen atoms in total. The van der Waals surface area contributed by atoms with Crippen LogP contribution in [0.2, 0.25) is 0 Å². The zero-order valence-electron chi connectivity index (χ0n) is 11.8. The number of nitrogens with two attached hydrogens (primary N) is 1. The first kappa shape index (κ1) is 14.6. The molecule has 1 unspecified atom stereocenters. The van der Waals surface area contributed by atoms with E-state index in [0.717, 1.165) is 0 Å². The molecule has 0 spiro atoms. The summed E-state index contributed by atoms with van der Waals surface area (Å²) >= 11 is 0. The number of carbonyl (C=O) groups excluding carboxylic acids is 1. The minimum absolute atomic E-state index is 0.0825. The first-order chi connectivity index (χ1) is 9.69.